The molecule has 0 aromatic rings. The molecule has 0 heterocycles. The van der Waals surface area contributed by atoms with E-state index in [0.29, 0.717) is 0 Å². The van der Waals surface area contributed by atoms with Gasteiger partial charge >= 0.3 is 5.97 Å². The van der Waals surface area contributed by atoms with Gasteiger partial charge in [-0.25, -0.2) is 0 Å². The summed E-state index contributed by atoms with van der Waals surface area (Å²) < 4.78 is 0. The van der Waals surface area contributed by atoms with Crippen molar-refractivity contribution in [3.8, 4) is 0 Å². The molecule has 5 atom stereocenters. The monoisotopic (exact) mass is 255 g/mol. The van der Waals surface area contributed by atoms with Gasteiger partial charge in [0.1, 0.15) is 30.6 Å². The Morgan fingerprint density at radius 2 is 1.53 bits per heavy atom. The van der Waals surface area contributed by atoms with Crippen molar-refractivity contribution in [2.45, 2.75) is 30.6 Å². The van der Waals surface area contributed by atoms with E-state index in [1.165, 1.54) is 0 Å². The van der Waals surface area contributed by atoms with Crippen molar-refractivity contribution in [1.29, 1.82) is 0 Å². The Balaban J connectivity index is 4.27. The number of aliphatic hydroxyl groups is 6. The van der Waals surface area contributed by atoms with Crippen LogP contribution in [-0.2, 0) is 4.79 Å². The zero-order valence-electron chi connectivity index (χ0n) is 8.84. The van der Waals surface area contributed by atoms with Crippen LogP contribution < -0.4 is 5.32 Å². The molecule has 0 radical (unpaired) electrons. The van der Waals surface area contributed by atoms with Crippen molar-refractivity contribution in [1.82, 2.24) is 5.32 Å². The molecule has 0 aliphatic rings. The fraction of sp³-hybridized carbons (Fsp3) is 0.875. The Kier molecular flexibility index (Phi) is 7.15. The zero-order valence-corrected chi connectivity index (χ0v) is 8.84. The molecule has 5 unspecified atom stereocenters. The molecule has 0 aromatic carbocycles. The van der Waals surface area contributed by atoms with Crippen LogP contribution in [0.25, 0.3) is 0 Å². The van der Waals surface area contributed by atoms with Gasteiger partial charge in [-0.1, -0.05) is 0 Å². The molecule has 0 saturated carbocycles. The maximum atomic E-state index is 10.1. The van der Waals surface area contributed by atoms with Gasteiger partial charge in [0, 0.05) is 0 Å². The molecule has 8 N–H and O–H groups in total. The quantitative estimate of drug-likeness (QED) is 0.199. The highest BCUT2D eigenvalue weighted by Crippen LogP contribution is 2.07. The van der Waals surface area contributed by atoms with Gasteiger partial charge in [-0.15, -0.1) is 0 Å². The summed E-state index contributed by atoms with van der Waals surface area (Å²) in [4.78, 5) is 10.1. The lowest BCUT2D eigenvalue weighted by molar-refractivity contribution is -0.149. The lowest BCUT2D eigenvalue weighted by Crippen LogP contribution is -2.54. The van der Waals surface area contributed by atoms with Crippen LogP contribution in [0.4, 0.5) is 0 Å². The maximum absolute atomic E-state index is 10.1. The number of hydrogen-bond acceptors (Lipinski definition) is 8. The first-order chi connectivity index (χ1) is 7.81. The van der Waals surface area contributed by atoms with E-state index in [4.69, 9.17) is 15.3 Å². The second-order valence-electron chi connectivity index (χ2n) is 3.44. The van der Waals surface area contributed by atoms with Crippen LogP contribution in [0.1, 0.15) is 0 Å². The first-order valence-electron chi connectivity index (χ1n) is 4.77. The third-order valence-corrected chi connectivity index (χ3v) is 2.07. The molecule has 0 aromatic heterocycles. The van der Waals surface area contributed by atoms with Gasteiger partial charge in [-0.3, -0.25) is 10.1 Å². The fourth-order valence-corrected chi connectivity index (χ4v) is 1.04. The van der Waals surface area contributed by atoms with Gasteiger partial charge in [-0.2, -0.15) is 0 Å². The lowest BCUT2D eigenvalue weighted by Gasteiger charge is -2.28. The summed E-state index contributed by atoms with van der Waals surface area (Å²) in [5.74, 6) is -1.29. The van der Waals surface area contributed by atoms with Crippen molar-refractivity contribution in [3.05, 3.63) is 0 Å². The highest BCUT2D eigenvalue weighted by atomic mass is 16.4. The van der Waals surface area contributed by atoms with Gasteiger partial charge in [-0.05, 0) is 0 Å². The standard InChI is InChI=1S/C8H17NO8/c10-2-3(11)5(14)6(15)7(16)8(17)9-1-4(12)13/h3,5-11,14-17H,1-2H2,(H,12,13). The van der Waals surface area contributed by atoms with Crippen molar-refractivity contribution in [3.63, 3.8) is 0 Å². The molecule has 102 valence electrons. The normalized spacial score (nSPS) is 20.4. The number of carboxylic acid groups (broad SMARTS) is 1. The molecule has 0 aliphatic heterocycles. The predicted octanol–water partition coefficient (Wildman–Crippen LogP) is -4.59. The minimum absolute atomic E-state index is 0.663. The number of carbonyl (C=O) groups is 1. The SMILES string of the molecule is O=C(O)CNC(O)C(O)C(O)C(O)C(O)CO. The van der Waals surface area contributed by atoms with Crippen molar-refractivity contribution in [2.24, 2.45) is 0 Å². The third kappa shape index (κ3) is 5.37. The Labute approximate surface area is 96.6 Å². The Bertz CT molecular complexity index is 238. The van der Waals surface area contributed by atoms with Crippen molar-refractivity contribution < 1.29 is 40.5 Å². The van der Waals surface area contributed by atoms with E-state index in [9.17, 15) is 25.2 Å². The summed E-state index contributed by atoms with van der Waals surface area (Å²) in [6.07, 6.45) is -9.25. The van der Waals surface area contributed by atoms with E-state index in [1.54, 1.807) is 0 Å². The summed E-state index contributed by atoms with van der Waals surface area (Å²) in [6.45, 7) is -1.51. The molecule has 0 rings (SSSR count). The second kappa shape index (κ2) is 7.50. The van der Waals surface area contributed by atoms with Gasteiger partial charge < -0.3 is 35.7 Å². The van der Waals surface area contributed by atoms with Crippen LogP contribution in [0.15, 0.2) is 0 Å². The molecule has 0 saturated heterocycles. The number of hydrogen-bond donors (Lipinski definition) is 8. The number of aliphatic hydroxyl groups excluding tert-OH is 6. The number of carboxylic acids is 1. The minimum Gasteiger partial charge on any atom is -0.480 e. The van der Waals surface area contributed by atoms with E-state index >= 15 is 0 Å². The Morgan fingerprint density at radius 3 is 1.94 bits per heavy atom. The summed E-state index contributed by atoms with van der Waals surface area (Å²) >= 11 is 0. The lowest BCUT2D eigenvalue weighted by atomic mass is 10.0. The second-order valence-corrected chi connectivity index (χ2v) is 3.44. The first kappa shape index (κ1) is 16.2. The van der Waals surface area contributed by atoms with Crippen LogP contribution in [-0.4, -0.2) is 85.5 Å². The van der Waals surface area contributed by atoms with Gasteiger partial charge in [0.05, 0.1) is 13.2 Å². The molecule has 0 amide bonds. The Hall–Kier alpha value is -0.810. The topological polar surface area (TPSA) is 171 Å². The molecule has 17 heavy (non-hydrogen) atoms. The molecule has 9 nitrogen and oxygen atoms in total. The van der Waals surface area contributed by atoms with Gasteiger partial charge in [0.15, 0.2) is 0 Å². The van der Waals surface area contributed by atoms with E-state index in [0.717, 1.165) is 0 Å². The largest absolute Gasteiger partial charge is 0.480 e. The fourth-order valence-electron chi connectivity index (χ4n) is 1.04. The molecule has 0 bridgehead atoms. The molecule has 0 spiro atoms. The van der Waals surface area contributed by atoms with Gasteiger partial charge in [0.25, 0.3) is 0 Å². The number of rotatable bonds is 8. The van der Waals surface area contributed by atoms with Crippen LogP contribution >= 0.6 is 0 Å². The van der Waals surface area contributed by atoms with Crippen molar-refractivity contribution in [2.75, 3.05) is 13.2 Å². The van der Waals surface area contributed by atoms with Crippen LogP contribution in [0, 0.1) is 0 Å². The number of nitrogens with one attached hydrogen (secondary N) is 1. The first-order valence-corrected chi connectivity index (χ1v) is 4.77. The highest BCUT2D eigenvalue weighted by Gasteiger charge is 2.33. The minimum atomic E-state index is -1.95. The number of aliphatic carboxylic acids is 1. The maximum Gasteiger partial charge on any atom is 0.317 e. The average molecular weight is 255 g/mol. The predicted molar refractivity (Wildman–Crippen MR) is 52.8 cm³/mol. The van der Waals surface area contributed by atoms with Crippen LogP contribution in [0.5, 0.6) is 0 Å². The van der Waals surface area contributed by atoms with Crippen LogP contribution in [0.3, 0.4) is 0 Å². The van der Waals surface area contributed by atoms with E-state index in [-0.39, 0.29) is 0 Å². The van der Waals surface area contributed by atoms with Crippen LogP contribution in [0.2, 0.25) is 0 Å². The average Bonchev–Trinajstić information content (AvgIpc) is 2.31. The smallest absolute Gasteiger partial charge is 0.317 e. The van der Waals surface area contributed by atoms with E-state index < -0.39 is 49.8 Å². The molecule has 0 aliphatic carbocycles. The summed E-state index contributed by atoms with van der Waals surface area (Å²) in [7, 11) is 0. The van der Waals surface area contributed by atoms with Gasteiger partial charge in [0.2, 0.25) is 0 Å². The summed E-state index contributed by atoms with van der Waals surface area (Å²) in [5, 5.41) is 64.7. The third-order valence-electron chi connectivity index (χ3n) is 2.07. The highest BCUT2D eigenvalue weighted by molar-refractivity contribution is 5.69. The molecular weight excluding hydrogens is 238 g/mol. The molecular formula is C8H17NO8. The summed E-state index contributed by atoms with van der Waals surface area (Å²) in [5.41, 5.74) is 0. The van der Waals surface area contributed by atoms with Crippen molar-refractivity contribution >= 4 is 5.97 Å². The molecule has 0 fully saturated rings. The summed E-state index contributed by atoms with van der Waals surface area (Å²) in [6, 6.07) is 0. The zero-order chi connectivity index (χ0) is 13.6. The van der Waals surface area contributed by atoms with E-state index in [1.807, 2.05) is 5.32 Å². The Morgan fingerprint density at radius 1 is 1.00 bits per heavy atom. The molecule has 9 heteroatoms. The van der Waals surface area contributed by atoms with E-state index in [2.05, 4.69) is 0 Å².